The first-order valence-corrected chi connectivity index (χ1v) is 4.85. The Morgan fingerprint density at radius 1 is 1.46 bits per heavy atom. The molecule has 0 saturated heterocycles. The summed E-state index contributed by atoms with van der Waals surface area (Å²) >= 11 is 0. The van der Waals surface area contributed by atoms with Crippen molar-refractivity contribution < 1.29 is 4.79 Å². The van der Waals surface area contributed by atoms with Crippen molar-refractivity contribution in [2.75, 3.05) is 6.54 Å². The molecule has 0 aliphatic carbocycles. The first-order valence-electron chi connectivity index (χ1n) is 4.85. The topological polar surface area (TPSA) is 55.1 Å². The van der Waals surface area contributed by atoms with Gasteiger partial charge in [-0.1, -0.05) is 26.8 Å². The molecule has 13 heavy (non-hydrogen) atoms. The molecule has 0 aromatic carbocycles. The van der Waals surface area contributed by atoms with Crippen LogP contribution in [0.5, 0.6) is 0 Å². The van der Waals surface area contributed by atoms with Crippen molar-refractivity contribution in [3.8, 4) is 0 Å². The molecule has 3 N–H and O–H groups in total. The maximum Gasteiger partial charge on any atom is 0.245 e. The molecular weight excluding hydrogens is 164 g/mol. The van der Waals surface area contributed by atoms with Gasteiger partial charge < -0.3 is 11.1 Å². The third kappa shape index (κ3) is 4.68. The lowest BCUT2D eigenvalue weighted by Gasteiger charge is -2.17. The maximum atomic E-state index is 10.9. The first-order chi connectivity index (χ1) is 6.13. The quantitative estimate of drug-likeness (QED) is 0.584. The van der Waals surface area contributed by atoms with Crippen LogP contribution in [0.1, 0.15) is 33.1 Å². The molecule has 0 aromatic rings. The minimum Gasteiger partial charge on any atom is -0.366 e. The van der Waals surface area contributed by atoms with E-state index in [1.165, 1.54) is 0 Å². The van der Waals surface area contributed by atoms with E-state index in [1.807, 2.05) is 0 Å². The van der Waals surface area contributed by atoms with Gasteiger partial charge in [-0.2, -0.15) is 0 Å². The van der Waals surface area contributed by atoms with E-state index in [0.29, 0.717) is 5.57 Å². The first kappa shape index (κ1) is 12.2. The van der Waals surface area contributed by atoms with Crippen molar-refractivity contribution in [1.82, 2.24) is 5.32 Å². The van der Waals surface area contributed by atoms with E-state index >= 15 is 0 Å². The van der Waals surface area contributed by atoms with Gasteiger partial charge in [-0.25, -0.2) is 0 Å². The molecular formula is C10H20N2O. The zero-order valence-corrected chi connectivity index (χ0v) is 8.60. The number of hydrogen-bond acceptors (Lipinski definition) is 2. The number of carbonyl (C=O) groups excluding carboxylic acids is 1. The normalized spacial score (nSPS) is 12.5. The SMILES string of the molecule is C=C(C(N)=O)C(CCC)NCCC. The van der Waals surface area contributed by atoms with Gasteiger partial charge >= 0.3 is 0 Å². The van der Waals surface area contributed by atoms with Crippen LogP contribution in [0.25, 0.3) is 0 Å². The van der Waals surface area contributed by atoms with Crippen molar-refractivity contribution in [3.63, 3.8) is 0 Å². The number of primary amides is 1. The highest BCUT2D eigenvalue weighted by Gasteiger charge is 2.14. The Hall–Kier alpha value is -0.830. The Morgan fingerprint density at radius 2 is 2.08 bits per heavy atom. The second kappa shape index (κ2) is 6.66. The van der Waals surface area contributed by atoms with Crippen molar-refractivity contribution in [3.05, 3.63) is 12.2 Å². The monoisotopic (exact) mass is 184 g/mol. The van der Waals surface area contributed by atoms with Gasteiger partial charge in [0.25, 0.3) is 0 Å². The number of rotatable bonds is 7. The van der Waals surface area contributed by atoms with Gasteiger partial charge in [0, 0.05) is 11.6 Å². The van der Waals surface area contributed by atoms with Gasteiger partial charge in [-0.05, 0) is 19.4 Å². The molecule has 0 spiro atoms. The van der Waals surface area contributed by atoms with Crippen molar-refractivity contribution in [2.24, 2.45) is 5.73 Å². The molecule has 0 aromatic heterocycles. The van der Waals surface area contributed by atoms with Crippen LogP contribution >= 0.6 is 0 Å². The summed E-state index contributed by atoms with van der Waals surface area (Å²) in [4.78, 5) is 10.9. The Balaban J connectivity index is 4.06. The van der Waals surface area contributed by atoms with Gasteiger partial charge in [0.2, 0.25) is 5.91 Å². The van der Waals surface area contributed by atoms with Gasteiger partial charge in [0.05, 0.1) is 0 Å². The Morgan fingerprint density at radius 3 is 2.46 bits per heavy atom. The average Bonchev–Trinajstić information content (AvgIpc) is 2.11. The van der Waals surface area contributed by atoms with Crippen molar-refractivity contribution in [2.45, 2.75) is 39.2 Å². The van der Waals surface area contributed by atoms with Crippen LogP contribution in [-0.2, 0) is 4.79 Å². The van der Waals surface area contributed by atoms with E-state index in [2.05, 4.69) is 25.7 Å². The molecule has 0 rings (SSSR count). The van der Waals surface area contributed by atoms with Crippen molar-refractivity contribution >= 4 is 5.91 Å². The van der Waals surface area contributed by atoms with Crippen LogP contribution in [0, 0.1) is 0 Å². The number of amides is 1. The highest BCUT2D eigenvalue weighted by molar-refractivity contribution is 5.92. The average molecular weight is 184 g/mol. The number of nitrogens with two attached hydrogens (primary N) is 1. The summed E-state index contributed by atoms with van der Waals surface area (Å²) in [5.74, 6) is -0.401. The molecule has 3 nitrogen and oxygen atoms in total. The standard InChI is InChI=1S/C10H20N2O/c1-4-6-9(12-7-5-2)8(3)10(11)13/h9,12H,3-7H2,1-2H3,(H2,11,13). The van der Waals surface area contributed by atoms with E-state index in [0.717, 1.165) is 25.8 Å². The molecule has 0 saturated carbocycles. The predicted molar refractivity (Wildman–Crippen MR) is 55.3 cm³/mol. The van der Waals surface area contributed by atoms with E-state index in [1.54, 1.807) is 0 Å². The maximum absolute atomic E-state index is 10.9. The predicted octanol–water partition coefficient (Wildman–Crippen LogP) is 1.20. The summed E-state index contributed by atoms with van der Waals surface area (Å²) in [5, 5.41) is 3.25. The second-order valence-corrected chi connectivity index (χ2v) is 3.18. The van der Waals surface area contributed by atoms with E-state index in [-0.39, 0.29) is 6.04 Å². The molecule has 0 fully saturated rings. The second-order valence-electron chi connectivity index (χ2n) is 3.18. The van der Waals surface area contributed by atoms with Crippen LogP contribution in [-0.4, -0.2) is 18.5 Å². The lowest BCUT2D eigenvalue weighted by Crippen LogP contribution is -2.36. The molecule has 0 radical (unpaired) electrons. The van der Waals surface area contributed by atoms with Crippen LogP contribution < -0.4 is 11.1 Å². The van der Waals surface area contributed by atoms with Crippen LogP contribution in [0.3, 0.4) is 0 Å². The molecule has 76 valence electrons. The highest BCUT2D eigenvalue weighted by Crippen LogP contribution is 2.06. The Labute approximate surface area is 80.4 Å². The molecule has 0 aliphatic rings. The minimum atomic E-state index is -0.401. The summed E-state index contributed by atoms with van der Waals surface area (Å²) in [7, 11) is 0. The van der Waals surface area contributed by atoms with Crippen LogP contribution in [0.15, 0.2) is 12.2 Å². The summed E-state index contributed by atoms with van der Waals surface area (Å²) < 4.78 is 0. The minimum absolute atomic E-state index is 0.0578. The molecule has 0 bridgehead atoms. The number of hydrogen-bond donors (Lipinski definition) is 2. The summed E-state index contributed by atoms with van der Waals surface area (Å²) in [5.41, 5.74) is 5.66. The van der Waals surface area contributed by atoms with Crippen LogP contribution in [0.4, 0.5) is 0 Å². The smallest absolute Gasteiger partial charge is 0.245 e. The van der Waals surface area contributed by atoms with Crippen LogP contribution in [0.2, 0.25) is 0 Å². The Kier molecular flexibility index (Phi) is 6.24. The van der Waals surface area contributed by atoms with Crippen molar-refractivity contribution in [1.29, 1.82) is 0 Å². The zero-order valence-electron chi connectivity index (χ0n) is 8.60. The molecule has 1 unspecified atom stereocenters. The lowest BCUT2D eigenvalue weighted by atomic mass is 10.0. The Bertz CT molecular complexity index is 178. The fourth-order valence-corrected chi connectivity index (χ4v) is 1.18. The van der Waals surface area contributed by atoms with Gasteiger partial charge in [-0.3, -0.25) is 4.79 Å². The third-order valence-electron chi connectivity index (χ3n) is 1.96. The van der Waals surface area contributed by atoms with Gasteiger partial charge in [0.15, 0.2) is 0 Å². The third-order valence-corrected chi connectivity index (χ3v) is 1.96. The lowest BCUT2D eigenvalue weighted by molar-refractivity contribution is -0.114. The van der Waals surface area contributed by atoms with Gasteiger partial charge in [-0.15, -0.1) is 0 Å². The largest absolute Gasteiger partial charge is 0.366 e. The summed E-state index contributed by atoms with van der Waals surface area (Å²) in [6.07, 6.45) is 2.99. The van der Waals surface area contributed by atoms with E-state index in [4.69, 9.17) is 5.73 Å². The van der Waals surface area contributed by atoms with E-state index in [9.17, 15) is 4.79 Å². The summed E-state index contributed by atoms with van der Waals surface area (Å²) in [6.45, 7) is 8.75. The fraction of sp³-hybridized carbons (Fsp3) is 0.700. The molecule has 1 amide bonds. The van der Waals surface area contributed by atoms with Gasteiger partial charge in [0.1, 0.15) is 0 Å². The number of carbonyl (C=O) groups is 1. The molecule has 0 aliphatic heterocycles. The fourth-order valence-electron chi connectivity index (χ4n) is 1.18. The number of nitrogens with one attached hydrogen (secondary N) is 1. The molecule has 3 heteroatoms. The highest BCUT2D eigenvalue weighted by atomic mass is 16.1. The molecule has 0 heterocycles. The summed E-state index contributed by atoms with van der Waals surface area (Å²) in [6, 6.07) is 0.0578. The van der Waals surface area contributed by atoms with E-state index < -0.39 is 5.91 Å². The zero-order chi connectivity index (χ0) is 10.3. The molecule has 1 atom stereocenters.